The van der Waals surface area contributed by atoms with Crippen LogP contribution in [0, 0.1) is 0 Å². The Kier molecular flexibility index (Phi) is 13.1. The average molecular weight is 571 g/mol. The number of halogens is 2. The van der Waals surface area contributed by atoms with Crippen molar-refractivity contribution in [1.29, 1.82) is 0 Å². The molecule has 0 unspecified atom stereocenters. The van der Waals surface area contributed by atoms with Crippen LogP contribution in [0.15, 0.2) is 97.1 Å². The second-order valence-corrected chi connectivity index (χ2v) is 9.99. The fraction of sp³-hybridized carbons (Fsp3) is 0.138. The minimum atomic E-state index is 0. The Hall–Kier alpha value is -2.19. The number of rotatable bonds is 3. The Morgan fingerprint density at radius 1 is 0.676 bits per heavy atom. The molecule has 0 aromatic heterocycles. The molecule has 0 radical (unpaired) electrons. The van der Waals surface area contributed by atoms with Gasteiger partial charge in [-0.15, -0.1) is 51.4 Å². The SMILES string of the molecule is COc1cccc(OC)c1-c1ccc[cH-]1.C[C](C)=[Zr+2].[Cl-].[Cl-].c1ccc2c(c1)[cH-]c1ccccc12. The van der Waals surface area contributed by atoms with Crippen molar-refractivity contribution in [3.05, 3.63) is 97.1 Å². The molecule has 0 saturated carbocycles. The van der Waals surface area contributed by atoms with E-state index in [4.69, 9.17) is 9.47 Å². The van der Waals surface area contributed by atoms with Gasteiger partial charge in [0.25, 0.3) is 0 Å². The standard InChI is InChI=1S/C13H13O2.C13H9.C3H6.2ClH.Zr/c1-14-11-8-5-9-12(15-2)13(11)10-6-3-4-7-10;1-3-7-12-10(5-1)9-11-6-2-4-8-13(11)12;1-3-2;;;/h3-9H,1-2H3;1-9H;1-2H3;2*1H;/q2*-1;;;;+2/p-2. The molecule has 0 bridgehead atoms. The summed E-state index contributed by atoms with van der Waals surface area (Å²) in [6.07, 6.45) is 0. The molecular formula is C29H28Cl2O2Zr-2. The van der Waals surface area contributed by atoms with Crippen molar-refractivity contribution in [3.63, 3.8) is 0 Å². The minimum absolute atomic E-state index is 0. The number of hydrogen-bond acceptors (Lipinski definition) is 2. The van der Waals surface area contributed by atoms with Crippen LogP contribution in [0.3, 0.4) is 0 Å². The van der Waals surface area contributed by atoms with Crippen molar-refractivity contribution in [2.75, 3.05) is 14.2 Å². The van der Waals surface area contributed by atoms with E-state index in [0.717, 1.165) is 22.6 Å². The van der Waals surface area contributed by atoms with E-state index in [0.29, 0.717) is 0 Å². The predicted molar refractivity (Wildman–Crippen MR) is 134 cm³/mol. The summed E-state index contributed by atoms with van der Waals surface area (Å²) in [4.78, 5) is 0. The van der Waals surface area contributed by atoms with Gasteiger partial charge in [-0.3, -0.25) is 0 Å². The molecule has 5 aromatic rings. The van der Waals surface area contributed by atoms with Crippen LogP contribution in [0.25, 0.3) is 32.7 Å². The zero-order chi connectivity index (χ0) is 22.9. The average Bonchev–Trinajstić information content (AvgIpc) is 3.46. The van der Waals surface area contributed by atoms with Crippen molar-refractivity contribution in [2.24, 2.45) is 0 Å². The van der Waals surface area contributed by atoms with Gasteiger partial charge in [-0.1, -0.05) is 42.5 Å². The summed E-state index contributed by atoms with van der Waals surface area (Å²) in [6.45, 7) is 4.25. The molecule has 0 heterocycles. The third kappa shape index (κ3) is 7.67. The van der Waals surface area contributed by atoms with E-state index in [2.05, 4.69) is 68.4 Å². The second kappa shape index (κ2) is 14.9. The molecule has 2 nitrogen and oxygen atoms in total. The Balaban J connectivity index is 0.000000282. The first-order chi connectivity index (χ1) is 15.5. The van der Waals surface area contributed by atoms with Gasteiger partial charge in [0.1, 0.15) is 0 Å². The molecule has 34 heavy (non-hydrogen) atoms. The molecule has 0 aliphatic rings. The summed E-state index contributed by atoms with van der Waals surface area (Å²) in [6, 6.07) is 33.2. The van der Waals surface area contributed by atoms with Gasteiger partial charge in [-0.05, 0) is 17.7 Å². The number of benzene rings is 3. The molecule has 0 fully saturated rings. The van der Waals surface area contributed by atoms with Gasteiger partial charge in [-0.25, -0.2) is 0 Å². The molecule has 0 atom stereocenters. The minimum Gasteiger partial charge on any atom is -1.00 e. The number of methoxy groups -OCH3 is 2. The van der Waals surface area contributed by atoms with E-state index >= 15 is 0 Å². The summed E-state index contributed by atoms with van der Waals surface area (Å²) < 4.78 is 12.2. The van der Waals surface area contributed by atoms with Crippen LogP contribution in [0.4, 0.5) is 0 Å². The van der Waals surface area contributed by atoms with Crippen molar-refractivity contribution >= 4 is 24.8 Å². The monoisotopic (exact) mass is 568 g/mol. The first-order valence-corrected chi connectivity index (χ1v) is 11.8. The van der Waals surface area contributed by atoms with Gasteiger partial charge in [0.05, 0.1) is 25.7 Å². The number of fused-ring (bicyclic) bond motifs is 3. The third-order valence-corrected chi connectivity index (χ3v) is 4.90. The van der Waals surface area contributed by atoms with Gasteiger partial charge in [0, 0.05) is 0 Å². The van der Waals surface area contributed by atoms with Crippen molar-refractivity contribution in [2.45, 2.75) is 13.8 Å². The molecule has 0 saturated heterocycles. The molecule has 0 aliphatic heterocycles. The fourth-order valence-electron chi connectivity index (χ4n) is 3.58. The Bertz CT molecular complexity index is 1210. The first-order valence-electron chi connectivity index (χ1n) is 10.5. The number of ether oxygens (including phenoxy) is 2. The molecule has 0 spiro atoms. The Morgan fingerprint density at radius 3 is 1.56 bits per heavy atom. The second-order valence-electron chi connectivity index (χ2n) is 7.53. The molecule has 0 amide bonds. The largest absolute Gasteiger partial charge is 1.00 e. The van der Waals surface area contributed by atoms with Crippen LogP contribution in [-0.4, -0.2) is 17.4 Å². The van der Waals surface area contributed by atoms with Gasteiger partial charge >= 0.3 is 41.3 Å². The first kappa shape index (κ1) is 29.8. The zero-order valence-electron chi connectivity index (χ0n) is 19.8. The summed E-state index contributed by atoms with van der Waals surface area (Å²) in [5.41, 5.74) is 2.12. The van der Waals surface area contributed by atoms with Gasteiger partial charge in [-0.2, -0.15) is 18.2 Å². The van der Waals surface area contributed by atoms with Crippen LogP contribution in [0.1, 0.15) is 13.8 Å². The van der Waals surface area contributed by atoms with E-state index in [1.165, 1.54) is 24.8 Å². The number of hydrogen-bond donors (Lipinski definition) is 0. The Morgan fingerprint density at radius 2 is 1.15 bits per heavy atom. The molecule has 5 heteroatoms. The van der Waals surface area contributed by atoms with Crippen molar-refractivity contribution in [1.82, 2.24) is 0 Å². The van der Waals surface area contributed by atoms with Crippen molar-refractivity contribution < 1.29 is 58.5 Å². The summed E-state index contributed by atoms with van der Waals surface area (Å²) in [5, 5.41) is 5.39. The smallest absolute Gasteiger partial charge is 0.0771 e. The molecule has 5 aromatic carbocycles. The van der Waals surface area contributed by atoms with Crippen molar-refractivity contribution in [3.8, 4) is 22.6 Å². The van der Waals surface area contributed by atoms with Crippen LogP contribution in [0.5, 0.6) is 11.5 Å². The Labute approximate surface area is 229 Å². The zero-order valence-corrected chi connectivity index (χ0v) is 23.8. The van der Waals surface area contributed by atoms with Crippen LogP contribution >= 0.6 is 0 Å². The van der Waals surface area contributed by atoms with E-state index in [-0.39, 0.29) is 24.8 Å². The molecule has 0 N–H and O–H groups in total. The maximum atomic E-state index is 5.33. The predicted octanol–water partition coefficient (Wildman–Crippen LogP) is 1.56. The van der Waals surface area contributed by atoms with Crippen LogP contribution < -0.4 is 34.3 Å². The maximum absolute atomic E-state index is 5.33. The van der Waals surface area contributed by atoms with Gasteiger partial charge < -0.3 is 34.3 Å². The molecule has 0 aliphatic carbocycles. The normalized spacial score (nSPS) is 9.47. The third-order valence-electron chi connectivity index (χ3n) is 4.90. The quantitative estimate of drug-likeness (QED) is 0.307. The van der Waals surface area contributed by atoms with E-state index < -0.39 is 0 Å². The topological polar surface area (TPSA) is 18.5 Å². The molecule has 5 rings (SSSR count). The summed E-state index contributed by atoms with van der Waals surface area (Å²) in [5.74, 6) is 1.67. The summed E-state index contributed by atoms with van der Waals surface area (Å²) in [7, 11) is 3.34. The molecule has 176 valence electrons. The fourth-order valence-corrected chi connectivity index (χ4v) is 3.58. The van der Waals surface area contributed by atoms with E-state index in [1.54, 1.807) is 38.5 Å². The maximum Gasteiger partial charge on any atom is -0.0771 e. The van der Waals surface area contributed by atoms with E-state index in [1.807, 2.05) is 42.5 Å². The van der Waals surface area contributed by atoms with Gasteiger partial charge in [0.15, 0.2) is 0 Å². The van der Waals surface area contributed by atoms with Crippen LogP contribution in [0.2, 0.25) is 0 Å². The van der Waals surface area contributed by atoms with Gasteiger partial charge in [0.2, 0.25) is 0 Å². The summed E-state index contributed by atoms with van der Waals surface area (Å²) >= 11 is 1.55. The van der Waals surface area contributed by atoms with Crippen LogP contribution in [-0.2, 0) is 24.2 Å². The molecular weight excluding hydrogens is 542 g/mol. The van der Waals surface area contributed by atoms with E-state index in [9.17, 15) is 0 Å².